The molecular weight excluding hydrogens is 282 g/mol. The van der Waals surface area contributed by atoms with Gasteiger partial charge in [-0.3, -0.25) is 14.3 Å². The van der Waals surface area contributed by atoms with Crippen molar-refractivity contribution >= 4 is 0 Å². The number of hydrogen-bond donors (Lipinski definition) is 4. The molecule has 110 valence electrons. The van der Waals surface area contributed by atoms with E-state index in [1.165, 1.54) is 0 Å². The van der Waals surface area contributed by atoms with E-state index in [0.29, 0.717) is 0 Å². The smallest absolute Gasteiger partial charge is 0.330 e. The second kappa shape index (κ2) is 5.43. The first kappa shape index (κ1) is 14.8. The van der Waals surface area contributed by atoms with Crippen molar-refractivity contribution in [1.29, 1.82) is 5.53 Å². The largest absolute Gasteiger partial charge is 0.391 e. The molecule has 0 aliphatic carbocycles. The number of hydrogen-bond acceptors (Lipinski definition) is 7. The molecule has 0 saturated carbocycles. The molecule has 1 aromatic heterocycles. The quantitative estimate of drug-likeness (QED) is 0.286. The number of nitrogens with one attached hydrogen (secondary N) is 2. The lowest BCUT2D eigenvalue weighted by atomic mass is 9.97. The Morgan fingerprint density at radius 3 is 2.90 bits per heavy atom. The van der Waals surface area contributed by atoms with Gasteiger partial charge in [-0.1, -0.05) is 5.92 Å². The lowest BCUT2D eigenvalue weighted by Crippen LogP contribution is -2.43. The molecule has 1 aliphatic rings. The zero-order valence-corrected chi connectivity index (χ0v) is 10.6. The van der Waals surface area contributed by atoms with Crippen molar-refractivity contribution in [3.63, 3.8) is 0 Å². The number of nitrogens with zero attached hydrogens (tertiary/aromatic N) is 3. The molecule has 2 heterocycles. The molecule has 1 saturated heterocycles. The van der Waals surface area contributed by atoms with E-state index >= 15 is 0 Å². The summed E-state index contributed by atoms with van der Waals surface area (Å²) in [7, 11) is 0. The fourth-order valence-corrected chi connectivity index (χ4v) is 2.15. The lowest BCUT2D eigenvalue weighted by Gasteiger charge is -2.18. The van der Waals surface area contributed by atoms with Gasteiger partial charge in [0.2, 0.25) is 4.91 Å². The Kier molecular flexibility index (Phi) is 3.84. The number of aliphatic hydroxyl groups is 2. The molecule has 0 aromatic carbocycles. The van der Waals surface area contributed by atoms with Crippen LogP contribution in [0.1, 0.15) is 6.23 Å². The van der Waals surface area contributed by atoms with Gasteiger partial charge in [0.25, 0.3) is 11.3 Å². The van der Waals surface area contributed by atoms with Gasteiger partial charge in [-0.15, -0.1) is 6.42 Å². The highest BCUT2D eigenvalue weighted by Gasteiger charge is 2.59. The van der Waals surface area contributed by atoms with Crippen LogP contribution < -0.4 is 16.2 Å². The van der Waals surface area contributed by atoms with Crippen molar-refractivity contribution in [2.75, 3.05) is 6.61 Å². The molecular formula is C11H12N5O5+. The van der Waals surface area contributed by atoms with Crippen LogP contribution in [0.3, 0.4) is 0 Å². The highest BCUT2D eigenvalue weighted by Crippen LogP contribution is 2.41. The molecule has 4 N–H and O–H groups in total. The van der Waals surface area contributed by atoms with Crippen molar-refractivity contribution < 1.29 is 14.9 Å². The van der Waals surface area contributed by atoms with E-state index < -0.39 is 41.8 Å². The van der Waals surface area contributed by atoms with E-state index in [-0.39, 0.29) is 0 Å². The van der Waals surface area contributed by atoms with Gasteiger partial charge in [0.05, 0.1) is 5.92 Å². The minimum absolute atomic E-state index is 0.605. The summed E-state index contributed by atoms with van der Waals surface area (Å²) in [6.07, 6.45) is 3.82. The highest BCUT2D eigenvalue weighted by molar-refractivity contribution is 5.10. The third kappa shape index (κ3) is 2.31. The van der Waals surface area contributed by atoms with Gasteiger partial charge >= 0.3 is 5.69 Å². The third-order valence-electron chi connectivity index (χ3n) is 3.20. The van der Waals surface area contributed by atoms with Crippen LogP contribution in [0, 0.1) is 23.8 Å². The predicted molar refractivity (Wildman–Crippen MR) is 66.9 cm³/mol. The summed E-state index contributed by atoms with van der Waals surface area (Å²) in [5.41, 5.74) is 3.41. The van der Waals surface area contributed by atoms with Crippen LogP contribution in [-0.2, 0) is 4.74 Å². The standard InChI is InChI=1S/C11H11N5O5/c1-2-6-8(19)11(5-17,14-15-12)21-9(6)16-4-3-7(18)13-10(16)20/h1,3-4,6,8-9,12,17,19H,5H2/p+1/t6-,8-,9+,11+/m0/s1. The fourth-order valence-electron chi connectivity index (χ4n) is 2.15. The number of aromatic nitrogens is 2. The summed E-state index contributed by atoms with van der Waals surface area (Å²) in [5.74, 6) is 1.21. The molecule has 0 radical (unpaired) electrons. The Balaban J connectivity index is 2.54. The first-order valence-corrected chi connectivity index (χ1v) is 5.82. The average molecular weight is 294 g/mol. The van der Waals surface area contributed by atoms with E-state index in [1.807, 2.05) is 4.98 Å². The number of aromatic amines is 1. The van der Waals surface area contributed by atoms with Gasteiger partial charge in [0, 0.05) is 12.3 Å². The minimum atomic E-state index is -1.93. The van der Waals surface area contributed by atoms with Crippen LogP contribution in [0.4, 0.5) is 0 Å². The van der Waals surface area contributed by atoms with E-state index in [9.17, 15) is 19.8 Å². The summed E-state index contributed by atoms with van der Waals surface area (Å²) in [6, 6.07) is 1.08. The number of aliphatic hydroxyl groups excluding tert-OH is 2. The van der Waals surface area contributed by atoms with Gasteiger partial charge < -0.3 is 14.9 Å². The molecule has 0 amide bonds. The Labute approximate surface area is 117 Å². The maximum absolute atomic E-state index is 11.8. The van der Waals surface area contributed by atoms with Crippen LogP contribution in [0.2, 0.25) is 0 Å². The van der Waals surface area contributed by atoms with Crippen molar-refractivity contribution in [1.82, 2.24) is 14.5 Å². The SMILES string of the molecule is C#C[C@@H]1[C@H](n2ccc(=O)[nH]c2=O)O[C@@](CO)(N=[N+]=N)[C@H]1O. The highest BCUT2D eigenvalue weighted by atomic mass is 16.6. The summed E-state index contributed by atoms with van der Waals surface area (Å²) < 4.78 is 6.34. The molecule has 21 heavy (non-hydrogen) atoms. The molecule has 0 unspecified atom stereocenters. The predicted octanol–water partition coefficient (Wildman–Crippen LogP) is -2.09. The maximum atomic E-state index is 11.8. The van der Waals surface area contributed by atoms with Crippen LogP contribution in [-0.4, -0.2) is 38.2 Å². The van der Waals surface area contributed by atoms with Crippen LogP contribution in [0.5, 0.6) is 0 Å². The second-order valence-electron chi connectivity index (χ2n) is 4.37. The normalized spacial score (nSPS) is 31.4. The van der Waals surface area contributed by atoms with E-state index in [4.69, 9.17) is 16.7 Å². The first-order valence-electron chi connectivity index (χ1n) is 5.82. The third-order valence-corrected chi connectivity index (χ3v) is 3.20. The zero-order chi connectivity index (χ0) is 15.6. The van der Waals surface area contributed by atoms with Crippen molar-refractivity contribution in [2.24, 2.45) is 11.0 Å². The minimum Gasteiger partial charge on any atom is -0.391 e. The average Bonchev–Trinajstić information content (AvgIpc) is 2.72. The molecule has 4 atom stereocenters. The summed E-state index contributed by atoms with van der Waals surface area (Å²) in [6.45, 7) is -0.788. The number of ether oxygens (including phenoxy) is 1. The number of rotatable bonds is 3. The Hall–Kier alpha value is -2.57. The summed E-state index contributed by atoms with van der Waals surface area (Å²) in [5, 5.41) is 22.9. The number of terminal acetylenes is 1. The summed E-state index contributed by atoms with van der Waals surface area (Å²) >= 11 is 0. The van der Waals surface area contributed by atoms with Gasteiger partial charge in [-0.25, -0.2) is 4.79 Å². The summed E-state index contributed by atoms with van der Waals surface area (Å²) in [4.78, 5) is 27.6. The molecule has 0 spiro atoms. The van der Waals surface area contributed by atoms with E-state index in [1.54, 1.807) is 0 Å². The Morgan fingerprint density at radius 1 is 1.67 bits per heavy atom. The Bertz CT molecular complexity index is 742. The monoisotopic (exact) mass is 294 g/mol. The van der Waals surface area contributed by atoms with Crippen LogP contribution in [0.15, 0.2) is 27.0 Å². The molecule has 10 heteroatoms. The lowest BCUT2D eigenvalue weighted by molar-refractivity contribution is -0.128. The van der Waals surface area contributed by atoms with Gasteiger partial charge in [-0.2, -0.15) is 0 Å². The second-order valence-corrected chi connectivity index (χ2v) is 4.37. The van der Waals surface area contributed by atoms with Crippen molar-refractivity contribution in [3.05, 3.63) is 33.1 Å². The van der Waals surface area contributed by atoms with E-state index in [0.717, 1.165) is 16.8 Å². The molecule has 0 bridgehead atoms. The van der Waals surface area contributed by atoms with Gasteiger partial charge in [-0.05, 0) is 0 Å². The van der Waals surface area contributed by atoms with Crippen molar-refractivity contribution in [2.45, 2.75) is 18.1 Å². The molecule has 10 nitrogen and oxygen atoms in total. The van der Waals surface area contributed by atoms with Crippen molar-refractivity contribution in [3.8, 4) is 12.3 Å². The number of H-pyrrole nitrogens is 1. The molecule has 1 aromatic rings. The van der Waals surface area contributed by atoms with Crippen LogP contribution >= 0.6 is 0 Å². The topological polar surface area (TPSA) is 155 Å². The van der Waals surface area contributed by atoms with E-state index in [2.05, 4.69) is 15.9 Å². The molecule has 1 aliphatic heterocycles. The first-order chi connectivity index (χ1) is 9.99. The molecule has 2 rings (SSSR count). The van der Waals surface area contributed by atoms with Gasteiger partial charge in [0.15, 0.2) is 11.3 Å². The Morgan fingerprint density at radius 2 is 2.38 bits per heavy atom. The zero-order valence-electron chi connectivity index (χ0n) is 10.6. The van der Waals surface area contributed by atoms with Crippen LogP contribution in [0.25, 0.3) is 0 Å². The maximum Gasteiger partial charge on any atom is 0.330 e. The van der Waals surface area contributed by atoms with Gasteiger partial charge in [0.1, 0.15) is 18.2 Å². The fraction of sp³-hybridized carbons (Fsp3) is 0.455. The molecule has 1 fully saturated rings.